The maximum atomic E-state index is 11.6. The normalized spacial score (nSPS) is 10.6. The topological polar surface area (TPSA) is 110 Å². The number of halogens is 2. The summed E-state index contributed by atoms with van der Waals surface area (Å²) in [5.41, 5.74) is 1.99. The molecule has 12 heteroatoms. The molecule has 0 amide bonds. The van der Waals surface area contributed by atoms with E-state index in [4.69, 9.17) is 11.6 Å². The smallest absolute Gasteiger partial charge is 1.00 e. The molecule has 2 aromatic carbocycles. The zero-order chi connectivity index (χ0) is 23.7. The van der Waals surface area contributed by atoms with Crippen molar-refractivity contribution in [3.05, 3.63) is 74.9 Å². The second kappa shape index (κ2) is 12.9. The molecule has 2 N–H and O–H groups in total. The Labute approximate surface area is 262 Å². The molecule has 174 valence electrons. The van der Waals surface area contributed by atoms with Gasteiger partial charge in [0, 0.05) is 11.8 Å². The van der Waals surface area contributed by atoms with Crippen molar-refractivity contribution in [2.75, 3.05) is 0 Å². The van der Waals surface area contributed by atoms with Gasteiger partial charge in [-0.2, -0.15) is 5.10 Å². The number of carbonyl (C=O) groups is 2. The third-order valence-corrected chi connectivity index (χ3v) is 6.47. The summed E-state index contributed by atoms with van der Waals surface area (Å²) >= 11 is 9.93. The van der Waals surface area contributed by atoms with Gasteiger partial charge in [-0.3, -0.25) is 0 Å². The molecule has 0 bridgehead atoms. The van der Waals surface area contributed by atoms with Crippen molar-refractivity contribution in [1.29, 1.82) is 0 Å². The summed E-state index contributed by atoms with van der Waals surface area (Å²) in [4.78, 5) is 27.4. The molecule has 0 fully saturated rings. The number of aromatic nitrogens is 4. The number of carboxylic acid groups (broad SMARTS) is 2. The van der Waals surface area contributed by atoms with E-state index >= 15 is 0 Å². The summed E-state index contributed by atoms with van der Waals surface area (Å²) in [6.45, 7) is 2.40. The maximum Gasteiger partial charge on any atom is 1.00 e. The molecule has 8 nitrogen and oxygen atoms in total. The summed E-state index contributed by atoms with van der Waals surface area (Å²) in [7, 11) is 0. The summed E-state index contributed by atoms with van der Waals surface area (Å²) in [5, 5.41) is 24.4. The van der Waals surface area contributed by atoms with E-state index in [1.54, 1.807) is 27.4 Å². The van der Waals surface area contributed by atoms with Crippen LogP contribution in [0.15, 0.2) is 47.1 Å². The molecule has 0 aliphatic heterocycles. The molecule has 2 heterocycles. The minimum Gasteiger partial charge on any atom is -1.00 e. The van der Waals surface area contributed by atoms with Crippen LogP contribution >= 0.6 is 27.5 Å². The van der Waals surface area contributed by atoms with Crippen molar-refractivity contribution in [2.24, 2.45) is 0 Å². The van der Waals surface area contributed by atoms with E-state index in [1.807, 2.05) is 18.2 Å². The third kappa shape index (κ3) is 6.22. The first-order chi connectivity index (χ1) is 15.8. The second-order valence-electron chi connectivity index (χ2n) is 7.54. The molecule has 4 rings (SSSR count). The molecule has 0 aliphatic rings. The molecule has 35 heavy (non-hydrogen) atoms. The number of hydrogen-bond acceptors (Lipinski definition) is 4. The minimum atomic E-state index is -1.16. The Bertz CT molecular complexity index is 1400. The van der Waals surface area contributed by atoms with Crippen LogP contribution in [-0.2, 0) is 13.0 Å². The number of unbranched alkanes of at least 4 members (excludes halogenated alkanes) is 1. The number of aryl methyl sites for hydroxylation is 1. The molecule has 2 aromatic heterocycles. The predicted octanol–water partition coefficient (Wildman–Crippen LogP) is -0.342. The number of hydrogen-bond donors (Lipinski definition) is 2. The van der Waals surface area contributed by atoms with Crippen LogP contribution in [0.25, 0.3) is 16.6 Å². The van der Waals surface area contributed by atoms with Gasteiger partial charge >= 0.3 is 71.1 Å². The zero-order valence-corrected chi connectivity index (χ0v) is 26.0. The quantitative estimate of drug-likeness (QED) is 0.277. The molecule has 0 aliphatic carbocycles. The van der Waals surface area contributed by atoms with Gasteiger partial charge in [0.2, 0.25) is 0 Å². The van der Waals surface area contributed by atoms with Crippen molar-refractivity contribution in [3.8, 4) is 5.69 Å². The van der Waals surface area contributed by atoms with Crippen LogP contribution in [0.4, 0.5) is 0 Å². The number of aromatic carboxylic acids is 2. The summed E-state index contributed by atoms with van der Waals surface area (Å²) in [5.74, 6) is -1.57. The Morgan fingerprint density at radius 2 is 1.83 bits per heavy atom. The van der Waals surface area contributed by atoms with E-state index in [0.717, 1.165) is 23.8 Å². The second-order valence-corrected chi connectivity index (χ2v) is 8.65. The van der Waals surface area contributed by atoms with Crippen LogP contribution in [0.5, 0.6) is 0 Å². The first kappa shape index (κ1) is 30.1. The Balaban J connectivity index is 0.00000324. The first-order valence-electron chi connectivity index (χ1n) is 10.3. The van der Waals surface area contributed by atoms with Gasteiger partial charge in [-0.25, -0.2) is 19.3 Å². The van der Waals surface area contributed by atoms with Gasteiger partial charge in [-0.1, -0.05) is 43.1 Å². The van der Waals surface area contributed by atoms with Crippen molar-refractivity contribution in [1.82, 2.24) is 19.3 Å². The fourth-order valence-corrected chi connectivity index (χ4v) is 4.55. The van der Waals surface area contributed by atoms with E-state index in [-0.39, 0.29) is 78.4 Å². The maximum absolute atomic E-state index is 11.6. The standard InChI is InChI=1S/C23H20BrClN4O4.2Na.2H/c1-2-3-8-18-26-19(23(32)33)21(25)28(18)12-13-9-10-16-15(11-13)20(24)29(27-16)17-7-5-4-6-14(17)22(30)31;;;;/h4-7,9-11H,2-3,8,12H2,1H3,(H,30,31)(H,32,33);;;;/q;2*+1;2*-1. The van der Waals surface area contributed by atoms with Crippen molar-refractivity contribution >= 4 is 50.4 Å². The molecule has 0 unspecified atom stereocenters. The zero-order valence-electron chi connectivity index (χ0n) is 21.6. The summed E-state index contributed by atoms with van der Waals surface area (Å²) in [6, 6.07) is 12.3. The number of para-hydroxylation sites is 1. The van der Waals surface area contributed by atoms with Gasteiger partial charge in [-0.15, -0.1) is 0 Å². The van der Waals surface area contributed by atoms with Gasteiger partial charge in [0.05, 0.1) is 23.3 Å². The van der Waals surface area contributed by atoms with Gasteiger partial charge in [0.15, 0.2) is 5.69 Å². The Hall–Kier alpha value is -1.17. The van der Waals surface area contributed by atoms with Crippen LogP contribution in [-0.4, -0.2) is 41.5 Å². The molecule has 0 spiro atoms. The fourth-order valence-electron chi connectivity index (χ4n) is 3.68. The van der Waals surface area contributed by atoms with Crippen LogP contribution in [0.3, 0.4) is 0 Å². The van der Waals surface area contributed by atoms with Crippen LogP contribution < -0.4 is 59.1 Å². The Morgan fingerprint density at radius 1 is 1.11 bits per heavy atom. The summed E-state index contributed by atoms with van der Waals surface area (Å²) in [6.07, 6.45) is 2.44. The van der Waals surface area contributed by atoms with Gasteiger partial charge in [-0.05, 0) is 52.2 Å². The Morgan fingerprint density at radius 3 is 2.49 bits per heavy atom. The van der Waals surface area contributed by atoms with E-state index in [9.17, 15) is 19.8 Å². The van der Waals surface area contributed by atoms with E-state index in [1.165, 1.54) is 6.07 Å². The van der Waals surface area contributed by atoms with Crippen molar-refractivity contribution in [2.45, 2.75) is 32.7 Å². The van der Waals surface area contributed by atoms with E-state index < -0.39 is 11.9 Å². The van der Waals surface area contributed by atoms with Gasteiger partial charge in [0.25, 0.3) is 0 Å². The first-order valence-corrected chi connectivity index (χ1v) is 11.5. The van der Waals surface area contributed by atoms with Crippen LogP contribution in [0, 0.1) is 0 Å². The minimum absolute atomic E-state index is 0. The molecule has 0 saturated carbocycles. The van der Waals surface area contributed by atoms with Crippen LogP contribution in [0.1, 0.15) is 54.9 Å². The van der Waals surface area contributed by atoms with Crippen molar-refractivity contribution < 1.29 is 81.8 Å². The van der Waals surface area contributed by atoms with Crippen LogP contribution in [0.2, 0.25) is 5.15 Å². The molecule has 0 radical (unpaired) electrons. The SMILES string of the molecule is CCCCc1nc(C(=O)O)c(Cl)n1Cc1ccc2nn(-c3ccccc3C(=O)O)c(Br)c2c1.[H-].[H-].[Na+].[Na+]. The number of benzene rings is 2. The van der Waals surface area contributed by atoms with Gasteiger partial charge in [0.1, 0.15) is 15.6 Å². The number of imidazole rings is 1. The fraction of sp³-hybridized carbons (Fsp3) is 0.217. The summed E-state index contributed by atoms with van der Waals surface area (Å²) < 4.78 is 3.89. The largest absolute Gasteiger partial charge is 1.00 e. The number of fused-ring (bicyclic) bond motifs is 1. The number of rotatable bonds is 8. The van der Waals surface area contributed by atoms with E-state index in [2.05, 4.69) is 32.9 Å². The monoisotopic (exact) mass is 578 g/mol. The molecule has 0 saturated heterocycles. The number of nitrogens with zero attached hydrogens (tertiary/aromatic N) is 4. The predicted molar refractivity (Wildman–Crippen MR) is 130 cm³/mol. The Kier molecular flexibility index (Phi) is 11.1. The average molecular weight is 580 g/mol. The average Bonchev–Trinajstić information content (AvgIpc) is 3.29. The molecule has 4 aromatic rings. The number of carboxylic acids is 2. The molecular formula is C23H22BrClN4Na2O4. The van der Waals surface area contributed by atoms with Gasteiger partial charge < -0.3 is 17.6 Å². The van der Waals surface area contributed by atoms with Crippen molar-refractivity contribution in [3.63, 3.8) is 0 Å². The molecular weight excluding hydrogens is 558 g/mol. The van der Waals surface area contributed by atoms with E-state index in [0.29, 0.717) is 34.6 Å². The third-order valence-electron chi connectivity index (χ3n) is 5.32. The molecule has 0 atom stereocenters.